The summed E-state index contributed by atoms with van der Waals surface area (Å²) in [4.78, 5) is 20.3. The highest BCUT2D eigenvalue weighted by Crippen LogP contribution is 2.22. The lowest BCUT2D eigenvalue weighted by atomic mass is 10.2. The number of rotatable bonds is 4. The third kappa shape index (κ3) is 3.06. The van der Waals surface area contributed by atoms with E-state index < -0.39 is 0 Å². The molecular formula is C16H16BrN3O2. The molecule has 0 unspecified atom stereocenters. The minimum atomic E-state index is -0.0161. The highest BCUT2D eigenvalue weighted by atomic mass is 79.9. The second kappa shape index (κ2) is 6.36. The summed E-state index contributed by atoms with van der Waals surface area (Å²) >= 11 is 3.35. The molecule has 6 heteroatoms. The first-order valence-corrected chi connectivity index (χ1v) is 7.77. The number of aromatic nitrogens is 1. The van der Waals surface area contributed by atoms with E-state index in [4.69, 9.17) is 4.74 Å². The molecule has 0 bridgehead atoms. The zero-order chi connectivity index (χ0) is 15.5. The molecule has 0 saturated carbocycles. The summed E-state index contributed by atoms with van der Waals surface area (Å²) in [5.41, 5.74) is 1.05. The molecule has 114 valence electrons. The zero-order valence-corrected chi connectivity index (χ0v) is 13.8. The van der Waals surface area contributed by atoms with Crippen molar-refractivity contribution in [2.75, 3.05) is 25.1 Å². The van der Waals surface area contributed by atoms with Gasteiger partial charge in [-0.15, -0.1) is 0 Å². The van der Waals surface area contributed by atoms with Crippen LogP contribution in [0.3, 0.4) is 0 Å². The van der Waals surface area contributed by atoms with Crippen LogP contribution < -0.4 is 9.64 Å². The van der Waals surface area contributed by atoms with Crippen molar-refractivity contribution in [1.29, 1.82) is 0 Å². The quantitative estimate of drug-likeness (QED) is 0.839. The second-order valence-corrected chi connectivity index (χ2v) is 5.96. The van der Waals surface area contributed by atoms with Crippen molar-refractivity contribution in [3.8, 4) is 5.75 Å². The number of nitrogens with zero attached hydrogens (tertiary/aromatic N) is 3. The van der Waals surface area contributed by atoms with Gasteiger partial charge in [0.15, 0.2) is 0 Å². The van der Waals surface area contributed by atoms with Gasteiger partial charge in [-0.2, -0.15) is 0 Å². The maximum atomic E-state index is 12.5. The number of methoxy groups -OCH3 is 1. The van der Waals surface area contributed by atoms with Crippen LogP contribution in [0.4, 0.5) is 10.6 Å². The summed E-state index contributed by atoms with van der Waals surface area (Å²) in [6.45, 7) is 1.91. The fraction of sp³-hybridized carbons (Fsp3) is 0.250. The van der Waals surface area contributed by atoms with Crippen LogP contribution in [0.1, 0.15) is 5.56 Å². The Balaban J connectivity index is 1.72. The van der Waals surface area contributed by atoms with E-state index in [0.717, 1.165) is 15.8 Å². The highest BCUT2D eigenvalue weighted by molar-refractivity contribution is 9.10. The molecule has 1 aliphatic rings. The first-order chi connectivity index (χ1) is 10.7. The Bertz CT molecular complexity index is 675. The van der Waals surface area contributed by atoms with E-state index in [1.165, 1.54) is 0 Å². The average Bonchev–Trinajstić information content (AvgIpc) is 2.89. The Labute approximate surface area is 137 Å². The van der Waals surface area contributed by atoms with E-state index in [0.29, 0.717) is 25.5 Å². The van der Waals surface area contributed by atoms with Gasteiger partial charge in [0.25, 0.3) is 0 Å². The number of halogens is 1. The van der Waals surface area contributed by atoms with E-state index >= 15 is 0 Å². The number of carbonyl (C=O) groups excluding carboxylic acids is 1. The molecular weight excluding hydrogens is 346 g/mol. The number of ether oxygens (including phenoxy) is 1. The predicted molar refractivity (Wildman–Crippen MR) is 88.1 cm³/mol. The van der Waals surface area contributed by atoms with Gasteiger partial charge in [-0.25, -0.2) is 9.78 Å². The van der Waals surface area contributed by atoms with Crippen molar-refractivity contribution in [2.24, 2.45) is 0 Å². The number of anilines is 1. The highest BCUT2D eigenvalue weighted by Gasteiger charge is 2.30. The van der Waals surface area contributed by atoms with Crippen molar-refractivity contribution >= 4 is 27.8 Å². The number of hydrogen-bond donors (Lipinski definition) is 0. The summed E-state index contributed by atoms with van der Waals surface area (Å²) in [6, 6.07) is 11.5. The van der Waals surface area contributed by atoms with Gasteiger partial charge in [-0.1, -0.05) is 12.1 Å². The van der Waals surface area contributed by atoms with Gasteiger partial charge < -0.3 is 9.64 Å². The van der Waals surface area contributed by atoms with Gasteiger partial charge in [-0.3, -0.25) is 4.90 Å². The first-order valence-electron chi connectivity index (χ1n) is 6.98. The molecule has 0 radical (unpaired) electrons. The molecule has 2 heterocycles. The van der Waals surface area contributed by atoms with Crippen LogP contribution >= 0.6 is 15.9 Å². The number of benzene rings is 1. The number of hydrogen-bond acceptors (Lipinski definition) is 3. The lowest BCUT2D eigenvalue weighted by Crippen LogP contribution is -2.31. The molecule has 1 fully saturated rings. The first kappa shape index (κ1) is 14.8. The largest absolute Gasteiger partial charge is 0.497 e. The molecule has 0 atom stereocenters. The van der Waals surface area contributed by atoms with E-state index in [9.17, 15) is 4.79 Å². The molecule has 3 rings (SSSR count). The molecule has 1 aliphatic heterocycles. The van der Waals surface area contributed by atoms with Crippen molar-refractivity contribution in [3.63, 3.8) is 0 Å². The summed E-state index contributed by atoms with van der Waals surface area (Å²) in [5.74, 6) is 1.48. The number of pyridine rings is 1. The summed E-state index contributed by atoms with van der Waals surface area (Å²) in [7, 11) is 1.64. The number of carbonyl (C=O) groups is 1. The van der Waals surface area contributed by atoms with Crippen LogP contribution in [-0.2, 0) is 6.54 Å². The predicted octanol–water partition coefficient (Wildman–Crippen LogP) is 3.29. The molecule has 2 aromatic rings. The van der Waals surface area contributed by atoms with Crippen molar-refractivity contribution < 1.29 is 9.53 Å². The Morgan fingerprint density at radius 3 is 2.86 bits per heavy atom. The molecule has 5 nitrogen and oxygen atoms in total. The smallest absolute Gasteiger partial charge is 0.326 e. The molecule has 1 saturated heterocycles. The monoisotopic (exact) mass is 361 g/mol. The standard InChI is InChI=1S/C16H16BrN3O2/c1-22-14-4-2-3-12(9-14)11-19-7-8-20(16(19)21)15-6-5-13(17)10-18-15/h2-6,9-10H,7-8,11H2,1H3. The third-order valence-corrected chi connectivity index (χ3v) is 4.06. The minimum absolute atomic E-state index is 0.0161. The maximum Gasteiger partial charge on any atom is 0.326 e. The summed E-state index contributed by atoms with van der Waals surface area (Å²) < 4.78 is 6.12. The average molecular weight is 362 g/mol. The Kier molecular flexibility index (Phi) is 4.29. The van der Waals surface area contributed by atoms with Gasteiger partial charge in [0, 0.05) is 30.3 Å². The second-order valence-electron chi connectivity index (χ2n) is 5.04. The molecule has 22 heavy (non-hydrogen) atoms. The molecule has 0 N–H and O–H groups in total. The number of urea groups is 1. The van der Waals surface area contributed by atoms with Crippen molar-refractivity contribution in [2.45, 2.75) is 6.54 Å². The van der Waals surface area contributed by atoms with Crippen molar-refractivity contribution in [1.82, 2.24) is 9.88 Å². The molecule has 0 spiro atoms. The SMILES string of the molecule is COc1cccc(CN2CCN(c3ccc(Br)cn3)C2=O)c1. The summed E-state index contributed by atoms with van der Waals surface area (Å²) in [6.07, 6.45) is 1.70. The molecule has 0 aliphatic carbocycles. The molecule has 2 amide bonds. The fourth-order valence-electron chi connectivity index (χ4n) is 2.46. The van der Waals surface area contributed by atoms with E-state index in [-0.39, 0.29) is 6.03 Å². The molecule has 1 aromatic carbocycles. The van der Waals surface area contributed by atoms with Gasteiger partial charge in [0.2, 0.25) is 0 Å². The third-order valence-electron chi connectivity index (χ3n) is 3.59. The van der Waals surface area contributed by atoms with Gasteiger partial charge >= 0.3 is 6.03 Å². The summed E-state index contributed by atoms with van der Waals surface area (Å²) in [5, 5.41) is 0. The van der Waals surface area contributed by atoms with Crippen LogP contribution in [0.2, 0.25) is 0 Å². The Morgan fingerprint density at radius 1 is 1.27 bits per heavy atom. The Hall–Kier alpha value is -2.08. The fourth-order valence-corrected chi connectivity index (χ4v) is 2.70. The van der Waals surface area contributed by atoms with E-state index in [2.05, 4.69) is 20.9 Å². The molecule has 1 aromatic heterocycles. The Morgan fingerprint density at radius 2 is 2.14 bits per heavy atom. The maximum absolute atomic E-state index is 12.5. The normalized spacial score (nSPS) is 14.5. The van der Waals surface area contributed by atoms with Crippen molar-refractivity contribution in [3.05, 3.63) is 52.6 Å². The van der Waals surface area contributed by atoms with E-state index in [1.54, 1.807) is 18.2 Å². The minimum Gasteiger partial charge on any atom is -0.497 e. The van der Waals surface area contributed by atoms with Gasteiger partial charge in [-0.05, 0) is 45.8 Å². The van der Waals surface area contributed by atoms with Crippen LogP contribution in [0.25, 0.3) is 0 Å². The van der Waals surface area contributed by atoms with E-state index in [1.807, 2.05) is 41.3 Å². The van der Waals surface area contributed by atoms with Gasteiger partial charge in [0.1, 0.15) is 11.6 Å². The van der Waals surface area contributed by atoms with Gasteiger partial charge in [0.05, 0.1) is 7.11 Å². The topological polar surface area (TPSA) is 45.7 Å². The van der Waals surface area contributed by atoms with Crippen LogP contribution in [0.15, 0.2) is 47.1 Å². The lowest BCUT2D eigenvalue weighted by molar-refractivity contribution is 0.218. The van der Waals surface area contributed by atoms with Crippen LogP contribution in [0, 0.1) is 0 Å². The van der Waals surface area contributed by atoms with Crippen LogP contribution in [-0.4, -0.2) is 36.1 Å². The zero-order valence-electron chi connectivity index (χ0n) is 12.2. The van der Waals surface area contributed by atoms with Crippen LogP contribution in [0.5, 0.6) is 5.75 Å². The number of amides is 2. The lowest BCUT2D eigenvalue weighted by Gasteiger charge is -2.18.